The normalized spacial score (nSPS) is 20.0. The number of carbonyl (C=O) groups is 1. The van der Waals surface area contributed by atoms with Crippen molar-refractivity contribution >= 4 is 5.91 Å². The molecule has 0 saturated carbocycles. The summed E-state index contributed by atoms with van der Waals surface area (Å²) in [5, 5.41) is 8.18. The molecule has 0 spiro atoms. The zero-order chi connectivity index (χ0) is 16.4. The van der Waals surface area contributed by atoms with Crippen molar-refractivity contribution in [2.75, 3.05) is 19.8 Å². The van der Waals surface area contributed by atoms with E-state index in [2.05, 4.69) is 10.2 Å². The van der Waals surface area contributed by atoms with Crippen LogP contribution in [0.5, 0.6) is 0 Å². The Labute approximate surface area is 135 Å². The molecule has 0 radical (unpaired) electrons. The van der Waals surface area contributed by atoms with Crippen molar-refractivity contribution < 1.29 is 13.9 Å². The van der Waals surface area contributed by atoms with Crippen molar-refractivity contribution in [3.05, 3.63) is 36.3 Å². The maximum Gasteiger partial charge on any atom is 0.246 e. The molecule has 2 unspecified atom stereocenters. The van der Waals surface area contributed by atoms with Gasteiger partial charge in [0.1, 0.15) is 12.1 Å². The Hall–Kier alpha value is -2.15. The fourth-order valence-electron chi connectivity index (χ4n) is 2.66. The summed E-state index contributed by atoms with van der Waals surface area (Å²) < 4.78 is 13.2. The monoisotopic (exact) mass is 318 g/mol. The summed E-state index contributed by atoms with van der Waals surface area (Å²) in [6.45, 7) is 7.30. The maximum atomic E-state index is 12.9. The average Bonchev–Trinajstić information content (AvgIpc) is 3.24. The molecular formula is C16H22N4O3. The third-order valence-corrected chi connectivity index (χ3v) is 4.08. The molecule has 124 valence electrons. The number of amides is 1. The molecule has 2 aromatic rings. The van der Waals surface area contributed by atoms with Crippen LogP contribution in [0.2, 0.25) is 0 Å². The first-order valence-corrected chi connectivity index (χ1v) is 7.92. The van der Waals surface area contributed by atoms with Crippen LogP contribution in [0.15, 0.2) is 28.9 Å². The summed E-state index contributed by atoms with van der Waals surface area (Å²) in [6.07, 6.45) is 3.78. The van der Waals surface area contributed by atoms with Crippen LogP contribution >= 0.6 is 0 Å². The van der Waals surface area contributed by atoms with E-state index in [-0.39, 0.29) is 23.9 Å². The summed E-state index contributed by atoms with van der Waals surface area (Å²) in [5.74, 6) is 1.21. The fraction of sp³-hybridized carbons (Fsp3) is 0.562. The van der Waals surface area contributed by atoms with Crippen LogP contribution in [-0.4, -0.2) is 45.3 Å². The average molecular weight is 318 g/mol. The van der Waals surface area contributed by atoms with E-state index >= 15 is 0 Å². The van der Waals surface area contributed by atoms with Gasteiger partial charge in [0.15, 0.2) is 0 Å². The van der Waals surface area contributed by atoms with Gasteiger partial charge in [-0.3, -0.25) is 4.79 Å². The minimum Gasteiger partial charge on any atom is -0.423 e. The summed E-state index contributed by atoms with van der Waals surface area (Å²) in [7, 11) is 0. The first kappa shape index (κ1) is 15.7. The highest BCUT2D eigenvalue weighted by Gasteiger charge is 2.35. The maximum absolute atomic E-state index is 12.9. The topological polar surface area (TPSA) is 73.4 Å². The first-order valence-electron chi connectivity index (χ1n) is 7.92. The molecule has 1 amide bonds. The second-order valence-electron chi connectivity index (χ2n) is 6.06. The highest BCUT2D eigenvalue weighted by molar-refractivity contribution is 5.80. The van der Waals surface area contributed by atoms with E-state index in [0.29, 0.717) is 31.5 Å². The van der Waals surface area contributed by atoms with E-state index in [9.17, 15) is 4.79 Å². The Balaban J connectivity index is 1.81. The van der Waals surface area contributed by atoms with Crippen LogP contribution in [0.4, 0.5) is 0 Å². The lowest BCUT2D eigenvalue weighted by molar-refractivity contribution is -0.144. The van der Waals surface area contributed by atoms with E-state index in [4.69, 9.17) is 9.15 Å². The van der Waals surface area contributed by atoms with Crippen molar-refractivity contribution in [1.29, 1.82) is 0 Å². The van der Waals surface area contributed by atoms with Crippen LogP contribution in [-0.2, 0) is 9.53 Å². The molecule has 2 aromatic heterocycles. The van der Waals surface area contributed by atoms with Crippen molar-refractivity contribution in [3.8, 4) is 0 Å². The van der Waals surface area contributed by atoms with E-state index in [1.807, 2.05) is 49.9 Å². The molecule has 1 saturated heterocycles. The van der Waals surface area contributed by atoms with Gasteiger partial charge in [-0.05, 0) is 19.1 Å². The largest absolute Gasteiger partial charge is 0.423 e. The van der Waals surface area contributed by atoms with Gasteiger partial charge in [-0.25, -0.2) is 0 Å². The number of ether oxygens (including phenoxy) is 1. The summed E-state index contributed by atoms with van der Waals surface area (Å²) in [5.41, 5.74) is 0. The summed E-state index contributed by atoms with van der Waals surface area (Å²) in [6, 6.07) is 3.22. The lowest BCUT2D eigenvalue weighted by Gasteiger charge is -2.35. The van der Waals surface area contributed by atoms with Crippen molar-refractivity contribution in [2.24, 2.45) is 0 Å². The Kier molecular flexibility index (Phi) is 4.47. The third-order valence-electron chi connectivity index (χ3n) is 4.08. The highest BCUT2D eigenvalue weighted by atomic mass is 16.5. The number of rotatable bonds is 4. The van der Waals surface area contributed by atoms with E-state index < -0.39 is 0 Å². The van der Waals surface area contributed by atoms with Gasteiger partial charge in [-0.15, -0.1) is 10.2 Å². The van der Waals surface area contributed by atoms with Crippen LogP contribution in [0.25, 0.3) is 0 Å². The molecule has 1 aliphatic heterocycles. The number of aromatic nitrogens is 3. The SMILES string of the molecule is CC(C)c1nnc(C2COCCN2C(=O)C(C)n2cccc2)o1. The minimum absolute atomic E-state index is 0.0267. The van der Waals surface area contributed by atoms with Crippen molar-refractivity contribution in [1.82, 2.24) is 19.7 Å². The molecule has 0 N–H and O–H groups in total. The highest BCUT2D eigenvalue weighted by Crippen LogP contribution is 2.27. The van der Waals surface area contributed by atoms with Crippen LogP contribution in [0.1, 0.15) is 50.6 Å². The lowest BCUT2D eigenvalue weighted by Crippen LogP contribution is -2.46. The number of nitrogens with zero attached hydrogens (tertiary/aromatic N) is 4. The minimum atomic E-state index is -0.325. The number of morpholine rings is 1. The Morgan fingerprint density at radius 3 is 2.65 bits per heavy atom. The molecule has 1 fully saturated rings. The molecular weight excluding hydrogens is 296 g/mol. The van der Waals surface area contributed by atoms with Gasteiger partial charge in [-0.1, -0.05) is 13.8 Å². The molecule has 2 atom stereocenters. The van der Waals surface area contributed by atoms with Gasteiger partial charge in [0.2, 0.25) is 17.7 Å². The fourth-order valence-corrected chi connectivity index (χ4v) is 2.66. The smallest absolute Gasteiger partial charge is 0.246 e. The van der Waals surface area contributed by atoms with Crippen molar-refractivity contribution in [2.45, 2.75) is 38.8 Å². The van der Waals surface area contributed by atoms with Crippen molar-refractivity contribution in [3.63, 3.8) is 0 Å². The Morgan fingerprint density at radius 1 is 1.26 bits per heavy atom. The first-order chi connectivity index (χ1) is 11.1. The molecule has 1 aliphatic rings. The standard InChI is InChI=1S/C16H22N4O3/c1-11(2)14-17-18-15(23-14)13-10-22-9-8-20(13)16(21)12(3)19-6-4-5-7-19/h4-7,11-13H,8-10H2,1-3H3. The summed E-state index contributed by atoms with van der Waals surface area (Å²) in [4.78, 5) is 14.7. The van der Waals surface area contributed by atoms with Gasteiger partial charge < -0.3 is 18.6 Å². The van der Waals surface area contributed by atoms with Gasteiger partial charge >= 0.3 is 0 Å². The second-order valence-corrected chi connectivity index (χ2v) is 6.06. The zero-order valence-corrected chi connectivity index (χ0v) is 13.7. The number of hydrogen-bond donors (Lipinski definition) is 0. The molecule has 7 heteroatoms. The second kappa shape index (κ2) is 6.54. The van der Waals surface area contributed by atoms with Gasteiger partial charge in [0, 0.05) is 24.9 Å². The molecule has 3 rings (SSSR count). The molecule has 3 heterocycles. The van der Waals surface area contributed by atoms with Gasteiger partial charge in [0.25, 0.3) is 0 Å². The van der Waals surface area contributed by atoms with Crippen LogP contribution < -0.4 is 0 Å². The number of hydrogen-bond acceptors (Lipinski definition) is 5. The number of carbonyl (C=O) groups excluding carboxylic acids is 1. The lowest BCUT2D eigenvalue weighted by atomic mass is 10.1. The molecule has 0 aliphatic carbocycles. The van der Waals surface area contributed by atoms with E-state index in [0.717, 1.165) is 0 Å². The Morgan fingerprint density at radius 2 is 2.00 bits per heavy atom. The third kappa shape index (κ3) is 3.14. The molecule has 0 aromatic carbocycles. The zero-order valence-electron chi connectivity index (χ0n) is 13.7. The van der Waals surface area contributed by atoms with E-state index in [1.54, 1.807) is 4.90 Å². The molecule has 7 nitrogen and oxygen atoms in total. The van der Waals surface area contributed by atoms with Gasteiger partial charge in [0.05, 0.1) is 13.2 Å². The molecule has 23 heavy (non-hydrogen) atoms. The predicted octanol–water partition coefficient (Wildman–Crippen LogP) is 2.16. The predicted molar refractivity (Wildman–Crippen MR) is 82.8 cm³/mol. The Bertz CT molecular complexity index is 650. The van der Waals surface area contributed by atoms with E-state index in [1.165, 1.54) is 0 Å². The molecule has 0 bridgehead atoms. The quantitative estimate of drug-likeness (QED) is 0.863. The van der Waals surface area contributed by atoms with Crippen LogP contribution in [0.3, 0.4) is 0 Å². The summed E-state index contributed by atoms with van der Waals surface area (Å²) >= 11 is 0. The van der Waals surface area contributed by atoms with Gasteiger partial charge in [-0.2, -0.15) is 0 Å². The van der Waals surface area contributed by atoms with Crippen LogP contribution in [0, 0.1) is 0 Å².